The molecule has 2 rings (SSSR count). The van der Waals surface area contributed by atoms with Gasteiger partial charge in [-0.1, -0.05) is 12.1 Å². The first-order valence-electron chi connectivity index (χ1n) is 5.87. The minimum absolute atomic E-state index is 0.442. The van der Waals surface area contributed by atoms with Crippen molar-refractivity contribution in [3.63, 3.8) is 0 Å². The number of benzene rings is 1. The maximum atomic E-state index is 5.76. The molecular formula is C14H16N2O2. The number of rotatable bonds is 5. The van der Waals surface area contributed by atoms with E-state index in [4.69, 9.17) is 15.2 Å². The van der Waals surface area contributed by atoms with Crippen molar-refractivity contribution in [3.05, 3.63) is 48.3 Å². The van der Waals surface area contributed by atoms with Crippen molar-refractivity contribution >= 4 is 0 Å². The van der Waals surface area contributed by atoms with E-state index >= 15 is 0 Å². The summed E-state index contributed by atoms with van der Waals surface area (Å²) in [5.41, 5.74) is 6.50. The van der Waals surface area contributed by atoms with Crippen molar-refractivity contribution in [2.45, 2.75) is 13.5 Å². The van der Waals surface area contributed by atoms with Gasteiger partial charge in [-0.25, -0.2) is 0 Å². The number of aromatic nitrogens is 1. The molecule has 18 heavy (non-hydrogen) atoms. The Bertz CT molecular complexity index is 515. The molecule has 0 saturated heterocycles. The van der Waals surface area contributed by atoms with Gasteiger partial charge < -0.3 is 15.2 Å². The largest absolute Gasteiger partial charge is 0.490 e. The second-order valence-corrected chi connectivity index (χ2v) is 3.71. The number of hydrogen-bond acceptors (Lipinski definition) is 4. The van der Waals surface area contributed by atoms with Crippen LogP contribution in [0.15, 0.2) is 42.7 Å². The van der Waals surface area contributed by atoms with Crippen LogP contribution in [0, 0.1) is 0 Å². The zero-order valence-corrected chi connectivity index (χ0v) is 10.3. The fourth-order valence-corrected chi connectivity index (χ4v) is 1.57. The summed E-state index contributed by atoms with van der Waals surface area (Å²) in [5, 5.41) is 0. The predicted molar refractivity (Wildman–Crippen MR) is 69.8 cm³/mol. The monoisotopic (exact) mass is 244 g/mol. The molecule has 0 unspecified atom stereocenters. The summed E-state index contributed by atoms with van der Waals surface area (Å²) >= 11 is 0. The van der Waals surface area contributed by atoms with Crippen LogP contribution in [0.5, 0.6) is 17.2 Å². The Morgan fingerprint density at radius 1 is 1.17 bits per heavy atom. The van der Waals surface area contributed by atoms with E-state index in [9.17, 15) is 0 Å². The summed E-state index contributed by atoms with van der Waals surface area (Å²) in [6.45, 7) is 2.98. The maximum absolute atomic E-state index is 5.76. The second kappa shape index (κ2) is 6.02. The van der Waals surface area contributed by atoms with Crippen LogP contribution in [0.25, 0.3) is 0 Å². The van der Waals surface area contributed by atoms with E-state index in [2.05, 4.69) is 4.98 Å². The molecule has 1 aromatic carbocycles. The molecule has 1 heterocycles. The topological polar surface area (TPSA) is 57.4 Å². The number of ether oxygens (including phenoxy) is 2. The number of hydrogen-bond donors (Lipinski definition) is 1. The van der Waals surface area contributed by atoms with E-state index < -0.39 is 0 Å². The molecule has 0 aliphatic rings. The molecule has 4 heteroatoms. The SMILES string of the molecule is CCOc1ccccc1Oc1cncc(CN)c1. The van der Waals surface area contributed by atoms with Gasteiger partial charge in [0.15, 0.2) is 11.5 Å². The van der Waals surface area contributed by atoms with E-state index in [0.29, 0.717) is 24.7 Å². The summed E-state index contributed by atoms with van der Waals surface area (Å²) in [6, 6.07) is 9.42. The average molecular weight is 244 g/mol. The first kappa shape index (κ1) is 12.4. The lowest BCUT2D eigenvalue weighted by Crippen LogP contribution is -1.98. The smallest absolute Gasteiger partial charge is 0.169 e. The van der Waals surface area contributed by atoms with Crippen molar-refractivity contribution in [2.75, 3.05) is 6.61 Å². The summed E-state index contributed by atoms with van der Waals surface area (Å²) in [7, 11) is 0. The molecular weight excluding hydrogens is 228 g/mol. The van der Waals surface area contributed by atoms with Crippen molar-refractivity contribution in [1.29, 1.82) is 0 Å². The average Bonchev–Trinajstić information content (AvgIpc) is 2.41. The Kier molecular flexibility index (Phi) is 4.15. The van der Waals surface area contributed by atoms with Crippen LogP contribution in [0.1, 0.15) is 12.5 Å². The molecule has 94 valence electrons. The van der Waals surface area contributed by atoms with Gasteiger partial charge in [-0.2, -0.15) is 0 Å². The molecule has 0 aliphatic carbocycles. The zero-order chi connectivity index (χ0) is 12.8. The Labute approximate surface area is 106 Å². The molecule has 0 spiro atoms. The number of pyridine rings is 1. The molecule has 2 aromatic rings. The third kappa shape index (κ3) is 2.99. The lowest BCUT2D eigenvalue weighted by Gasteiger charge is -2.11. The summed E-state index contributed by atoms with van der Waals surface area (Å²) in [4.78, 5) is 4.08. The molecule has 0 bridgehead atoms. The molecule has 2 N–H and O–H groups in total. The van der Waals surface area contributed by atoms with Crippen LogP contribution >= 0.6 is 0 Å². The maximum Gasteiger partial charge on any atom is 0.169 e. The predicted octanol–water partition coefficient (Wildman–Crippen LogP) is 2.73. The first-order valence-corrected chi connectivity index (χ1v) is 5.87. The Morgan fingerprint density at radius 3 is 2.67 bits per heavy atom. The van der Waals surface area contributed by atoms with Gasteiger partial charge in [0.1, 0.15) is 5.75 Å². The molecule has 0 aliphatic heterocycles. The Morgan fingerprint density at radius 2 is 1.94 bits per heavy atom. The normalized spacial score (nSPS) is 10.1. The third-order valence-corrected chi connectivity index (χ3v) is 2.38. The lowest BCUT2D eigenvalue weighted by molar-refractivity contribution is 0.321. The van der Waals surface area contributed by atoms with Gasteiger partial charge in [0.25, 0.3) is 0 Å². The second-order valence-electron chi connectivity index (χ2n) is 3.71. The molecule has 0 atom stereocenters. The molecule has 1 aromatic heterocycles. The Balaban J connectivity index is 2.22. The van der Waals surface area contributed by atoms with Crippen LogP contribution in [0.3, 0.4) is 0 Å². The number of nitrogens with two attached hydrogens (primary N) is 1. The summed E-state index contributed by atoms with van der Waals surface area (Å²) in [6.07, 6.45) is 3.38. The first-order chi connectivity index (χ1) is 8.83. The number of para-hydroxylation sites is 2. The van der Waals surface area contributed by atoms with E-state index in [1.807, 2.05) is 37.3 Å². The van der Waals surface area contributed by atoms with Gasteiger partial charge in [-0.15, -0.1) is 0 Å². The fraction of sp³-hybridized carbons (Fsp3) is 0.214. The molecule has 4 nitrogen and oxygen atoms in total. The molecule has 0 amide bonds. The van der Waals surface area contributed by atoms with Crippen LogP contribution in [-0.4, -0.2) is 11.6 Å². The van der Waals surface area contributed by atoms with Crippen molar-refractivity contribution in [1.82, 2.24) is 4.98 Å². The van der Waals surface area contributed by atoms with Gasteiger partial charge in [-0.05, 0) is 30.7 Å². The Hall–Kier alpha value is -2.07. The van der Waals surface area contributed by atoms with Gasteiger partial charge >= 0.3 is 0 Å². The van der Waals surface area contributed by atoms with Gasteiger partial charge in [0.2, 0.25) is 0 Å². The van der Waals surface area contributed by atoms with Gasteiger partial charge in [0, 0.05) is 12.7 Å². The van der Waals surface area contributed by atoms with Crippen molar-refractivity contribution in [3.8, 4) is 17.2 Å². The summed E-state index contributed by atoms with van der Waals surface area (Å²) in [5.74, 6) is 2.05. The number of nitrogens with zero attached hydrogens (tertiary/aromatic N) is 1. The van der Waals surface area contributed by atoms with Crippen molar-refractivity contribution < 1.29 is 9.47 Å². The van der Waals surface area contributed by atoms with Gasteiger partial charge in [0.05, 0.1) is 12.8 Å². The fourth-order valence-electron chi connectivity index (χ4n) is 1.57. The van der Waals surface area contributed by atoms with Crippen LogP contribution in [-0.2, 0) is 6.54 Å². The highest BCUT2D eigenvalue weighted by atomic mass is 16.5. The highest BCUT2D eigenvalue weighted by Gasteiger charge is 2.05. The summed E-state index contributed by atoms with van der Waals surface area (Å²) < 4.78 is 11.3. The highest BCUT2D eigenvalue weighted by Crippen LogP contribution is 2.31. The van der Waals surface area contributed by atoms with Crippen molar-refractivity contribution in [2.24, 2.45) is 5.73 Å². The van der Waals surface area contributed by atoms with Crippen LogP contribution in [0.4, 0.5) is 0 Å². The minimum atomic E-state index is 0.442. The molecule has 0 fully saturated rings. The lowest BCUT2D eigenvalue weighted by atomic mass is 10.3. The minimum Gasteiger partial charge on any atom is -0.490 e. The van der Waals surface area contributed by atoms with E-state index in [1.165, 1.54) is 0 Å². The third-order valence-electron chi connectivity index (χ3n) is 2.38. The molecule has 0 saturated carbocycles. The van der Waals surface area contributed by atoms with E-state index in [0.717, 1.165) is 11.3 Å². The highest BCUT2D eigenvalue weighted by molar-refractivity contribution is 5.42. The van der Waals surface area contributed by atoms with Crippen LogP contribution in [0.2, 0.25) is 0 Å². The standard InChI is InChI=1S/C14H16N2O2/c1-2-17-13-5-3-4-6-14(13)18-12-7-11(8-15)9-16-10-12/h3-7,9-10H,2,8,15H2,1H3. The van der Waals surface area contributed by atoms with E-state index in [1.54, 1.807) is 12.4 Å². The van der Waals surface area contributed by atoms with Crippen LogP contribution < -0.4 is 15.2 Å². The molecule has 0 radical (unpaired) electrons. The van der Waals surface area contributed by atoms with Gasteiger partial charge in [-0.3, -0.25) is 4.98 Å². The zero-order valence-electron chi connectivity index (χ0n) is 10.3. The van der Waals surface area contributed by atoms with E-state index in [-0.39, 0.29) is 0 Å². The quantitative estimate of drug-likeness (QED) is 0.878.